The summed E-state index contributed by atoms with van der Waals surface area (Å²) in [6.45, 7) is 7.11. The van der Waals surface area contributed by atoms with E-state index in [0.717, 1.165) is 13.1 Å². The Morgan fingerprint density at radius 2 is 2.06 bits per heavy atom. The smallest absolute Gasteiger partial charge is 0.233 e. The fraction of sp³-hybridized carbons (Fsp3) is 0.923. The van der Waals surface area contributed by atoms with Crippen LogP contribution in [0.2, 0.25) is 0 Å². The summed E-state index contributed by atoms with van der Waals surface area (Å²) in [7, 11) is 0. The summed E-state index contributed by atoms with van der Waals surface area (Å²) in [5, 5.41) is 6.24. The summed E-state index contributed by atoms with van der Waals surface area (Å²) in [6.07, 6.45) is 5.14. The van der Waals surface area contributed by atoms with Crippen molar-refractivity contribution in [3.8, 4) is 0 Å². The van der Waals surface area contributed by atoms with E-state index >= 15 is 0 Å². The van der Waals surface area contributed by atoms with Gasteiger partial charge in [-0.15, -0.1) is 0 Å². The van der Waals surface area contributed by atoms with Crippen molar-refractivity contribution in [3.63, 3.8) is 0 Å². The Bertz CT molecular complexity index is 247. The van der Waals surface area contributed by atoms with E-state index in [0.29, 0.717) is 18.5 Å². The number of likely N-dealkylation sites (tertiary alicyclic amines) is 1. The second kappa shape index (κ2) is 6.36. The molecule has 1 aliphatic heterocycles. The molecule has 2 aliphatic rings. The largest absolute Gasteiger partial charge is 0.355 e. The lowest BCUT2D eigenvalue weighted by Crippen LogP contribution is -2.39. The maximum absolute atomic E-state index is 11.5. The van der Waals surface area contributed by atoms with E-state index in [1.54, 1.807) is 0 Å². The van der Waals surface area contributed by atoms with Crippen LogP contribution in [0.1, 0.15) is 32.6 Å². The quantitative estimate of drug-likeness (QED) is 0.683. The fourth-order valence-electron chi connectivity index (χ4n) is 2.35. The molecule has 0 spiro atoms. The maximum Gasteiger partial charge on any atom is 0.233 e. The molecule has 1 saturated heterocycles. The molecule has 98 valence electrons. The van der Waals surface area contributed by atoms with E-state index in [-0.39, 0.29) is 5.91 Å². The number of hydrogen-bond acceptors (Lipinski definition) is 3. The van der Waals surface area contributed by atoms with Crippen molar-refractivity contribution in [3.05, 3.63) is 0 Å². The second-order valence-corrected chi connectivity index (χ2v) is 5.57. The van der Waals surface area contributed by atoms with E-state index < -0.39 is 0 Å². The average Bonchev–Trinajstić information content (AvgIpc) is 3.01. The predicted molar refractivity (Wildman–Crippen MR) is 68.9 cm³/mol. The molecule has 4 heteroatoms. The van der Waals surface area contributed by atoms with Gasteiger partial charge in [-0.25, -0.2) is 0 Å². The van der Waals surface area contributed by atoms with E-state index in [1.807, 2.05) is 0 Å². The molecule has 0 aromatic carbocycles. The third-order valence-electron chi connectivity index (χ3n) is 3.54. The first-order valence-corrected chi connectivity index (χ1v) is 6.96. The number of carbonyl (C=O) groups excluding carboxylic acids is 1. The first kappa shape index (κ1) is 12.8. The van der Waals surface area contributed by atoms with Gasteiger partial charge in [0, 0.05) is 19.1 Å². The zero-order valence-corrected chi connectivity index (χ0v) is 10.9. The van der Waals surface area contributed by atoms with Gasteiger partial charge in [0.1, 0.15) is 0 Å². The van der Waals surface area contributed by atoms with Crippen LogP contribution in [0.5, 0.6) is 0 Å². The molecule has 0 bridgehead atoms. The Labute approximate surface area is 104 Å². The number of nitrogens with zero attached hydrogens (tertiary/aromatic N) is 1. The van der Waals surface area contributed by atoms with Crippen LogP contribution in [0, 0.1) is 5.92 Å². The molecule has 1 heterocycles. The standard InChI is InChI=1S/C13H25N3O/c1-11(10-16-6-2-3-7-16)8-15-13(17)9-14-12-4-5-12/h11-12,14H,2-10H2,1H3,(H,15,17). The van der Waals surface area contributed by atoms with Crippen LogP contribution in [-0.2, 0) is 4.79 Å². The molecular weight excluding hydrogens is 214 g/mol. The molecule has 2 fully saturated rings. The molecule has 2 N–H and O–H groups in total. The SMILES string of the molecule is CC(CNC(=O)CNC1CC1)CN1CCCC1. The first-order chi connectivity index (χ1) is 8.24. The molecular formula is C13H25N3O. The Morgan fingerprint density at radius 1 is 1.35 bits per heavy atom. The molecule has 1 aliphatic carbocycles. The fourth-order valence-corrected chi connectivity index (χ4v) is 2.35. The number of hydrogen-bond donors (Lipinski definition) is 2. The maximum atomic E-state index is 11.5. The third kappa shape index (κ3) is 5.04. The summed E-state index contributed by atoms with van der Waals surface area (Å²) in [5.41, 5.74) is 0. The van der Waals surface area contributed by atoms with Gasteiger partial charge in [0.2, 0.25) is 5.91 Å². The summed E-state index contributed by atoms with van der Waals surface area (Å²) < 4.78 is 0. The van der Waals surface area contributed by atoms with Crippen molar-refractivity contribution in [2.24, 2.45) is 5.92 Å². The number of amides is 1. The predicted octanol–water partition coefficient (Wildman–Crippen LogP) is 0.587. The van der Waals surface area contributed by atoms with E-state index in [9.17, 15) is 4.79 Å². The van der Waals surface area contributed by atoms with Crippen molar-refractivity contribution < 1.29 is 4.79 Å². The van der Waals surface area contributed by atoms with E-state index in [1.165, 1.54) is 38.8 Å². The van der Waals surface area contributed by atoms with Crippen LogP contribution >= 0.6 is 0 Å². The lowest BCUT2D eigenvalue weighted by molar-refractivity contribution is -0.120. The van der Waals surface area contributed by atoms with E-state index in [4.69, 9.17) is 0 Å². The molecule has 1 unspecified atom stereocenters. The van der Waals surface area contributed by atoms with Crippen LogP contribution < -0.4 is 10.6 Å². The molecule has 4 nitrogen and oxygen atoms in total. The Balaban J connectivity index is 1.51. The molecule has 0 aromatic rings. The van der Waals surface area contributed by atoms with Gasteiger partial charge in [-0.3, -0.25) is 4.79 Å². The molecule has 1 saturated carbocycles. The van der Waals surface area contributed by atoms with Gasteiger partial charge in [-0.05, 0) is 44.7 Å². The number of nitrogens with one attached hydrogen (secondary N) is 2. The summed E-state index contributed by atoms with van der Waals surface area (Å²) >= 11 is 0. The van der Waals surface area contributed by atoms with Crippen LogP contribution in [0.15, 0.2) is 0 Å². The normalized spacial score (nSPS) is 22.6. The van der Waals surface area contributed by atoms with Gasteiger partial charge >= 0.3 is 0 Å². The van der Waals surface area contributed by atoms with Crippen LogP contribution in [0.25, 0.3) is 0 Å². The van der Waals surface area contributed by atoms with Gasteiger partial charge in [0.25, 0.3) is 0 Å². The molecule has 0 aromatic heterocycles. The first-order valence-electron chi connectivity index (χ1n) is 6.96. The second-order valence-electron chi connectivity index (χ2n) is 5.57. The Hall–Kier alpha value is -0.610. The van der Waals surface area contributed by atoms with Crippen molar-refractivity contribution in [2.75, 3.05) is 32.7 Å². The number of carbonyl (C=O) groups is 1. The molecule has 1 amide bonds. The highest BCUT2D eigenvalue weighted by molar-refractivity contribution is 5.78. The van der Waals surface area contributed by atoms with Gasteiger partial charge < -0.3 is 15.5 Å². The summed E-state index contributed by atoms with van der Waals surface area (Å²) in [4.78, 5) is 14.0. The van der Waals surface area contributed by atoms with Gasteiger partial charge in [-0.1, -0.05) is 6.92 Å². The highest BCUT2D eigenvalue weighted by Crippen LogP contribution is 2.17. The van der Waals surface area contributed by atoms with Crippen LogP contribution in [0.3, 0.4) is 0 Å². The molecule has 0 radical (unpaired) electrons. The molecule has 2 rings (SSSR count). The van der Waals surface area contributed by atoms with Gasteiger partial charge in [0.05, 0.1) is 6.54 Å². The summed E-state index contributed by atoms with van der Waals surface area (Å²) in [5.74, 6) is 0.697. The Morgan fingerprint density at radius 3 is 2.71 bits per heavy atom. The van der Waals surface area contributed by atoms with Crippen molar-refractivity contribution in [1.82, 2.24) is 15.5 Å². The van der Waals surface area contributed by atoms with E-state index in [2.05, 4.69) is 22.5 Å². The van der Waals surface area contributed by atoms with Crippen LogP contribution in [0.4, 0.5) is 0 Å². The topological polar surface area (TPSA) is 44.4 Å². The highest BCUT2D eigenvalue weighted by atomic mass is 16.1. The minimum Gasteiger partial charge on any atom is -0.355 e. The minimum atomic E-state index is 0.144. The minimum absolute atomic E-state index is 0.144. The molecule has 1 atom stereocenters. The van der Waals surface area contributed by atoms with Gasteiger partial charge in [-0.2, -0.15) is 0 Å². The third-order valence-corrected chi connectivity index (χ3v) is 3.54. The summed E-state index contributed by atoms with van der Waals surface area (Å²) in [6, 6.07) is 0.614. The molecule has 17 heavy (non-hydrogen) atoms. The van der Waals surface area contributed by atoms with Crippen molar-refractivity contribution in [1.29, 1.82) is 0 Å². The average molecular weight is 239 g/mol. The van der Waals surface area contributed by atoms with Crippen molar-refractivity contribution >= 4 is 5.91 Å². The zero-order valence-electron chi connectivity index (χ0n) is 10.9. The highest BCUT2D eigenvalue weighted by Gasteiger charge is 2.21. The van der Waals surface area contributed by atoms with Gasteiger partial charge in [0.15, 0.2) is 0 Å². The Kier molecular flexibility index (Phi) is 4.80. The lowest BCUT2D eigenvalue weighted by Gasteiger charge is -2.20. The lowest BCUT2D eigenvalue weighted by atomic mass is 10.1. The monoisotopic (exact) mass is 239 g/mol. The van der Waals surface area contributed by atoms with Crippen molar-refractivity contribution in [2.45, 2.75) is 38.6 Å². The number of rotatable bonds is 7. The zero-order chi connectivity index (χ0) is 12.1. The van der Waals surface area contributed by atoms with Crippen LogP contribution in [-0.4, -0.2) is 49.6 Å².